The van der Waals surface area contributed by atoms with Gasteiger partial charge in [0.1, 0.15) is 16.7 Å². The van der Waals surface area contributed by atoms with Gasteiger partial charge in [-0.05, 0) is 42.3 Å². The van der Waals surface area contributed by atoms with E-state index in [1.54, 1.807) is 36.4 Å². The van der Waals surface area contributed by atoms with Crippen LogP contribution in [0.15, 0.2) is 42.5 Å². The van der Waals surface area contributed by atoms with Crippen LogP contribution in [0.2, 0.25) is 5.15 Å². The smallest absolute Gasteiger partial charge is 0.254 e. The summed E-state index contributed by atoms with van der Waals surface area (Å²) in [5.74, 6) is 0.541. The van der Waals surface area contributed by atoms with E-state index in [-0.39, 0.29) is 19.0 Å². The number of alkyl halides is 1. The van der Waals surface area contributed by atoms with Gasteiger partial charge < -0.3 is 9.88 Å². The van der Waals surface area contributed by atoms with Gasteiger partial charge in [0.15, 0.2) is 5.67 Å². The normalized spacial score (nSPS) is 14.8. The molecule has 0 bridgehead atoms. The number of nitrogens with one attached hydrogen (secondary N) is 1. The SMILES string of the molecule is CCc1nc(-c2cc(C(=O)N3CC(F)(c4ccc(C#N)cc4)C3)ccc2C)c(Cl)[nH]1. The topological polar surface area (TPSA) is 72.8 Å². The lowest BCUT2D eigenvalue weighted by atomic mass is 9.87. The standard InChI is InChI=1S/C23H20ClFN4O/c1-3-19-27-20(21(24)28-19)18-10-16(7-4-14(18)2)22(30)29-12-23(25,13-29)17-8-5-15(11-26)6-9-17/h4-10H,3,12-13H2,1-2H3,(H,27,28). The Labute approximate surface area is 179 Å². The quantitative estimate of drug-likeness (QED) is 0.656. The predicted molar refractivity (Wildman–Crippen MR) is 113 cm³/mol. The largest absolute Gasteiger partial charge is 0.333 e. The van der Waals surface area contributed by atoms with Crippen LogP contribution in [0.5, 0.6) is 0 Å². The molecule has 7 heteroatoms. The molecule has 2 aromatic carbocycles. The maximum atomic E-state index is 15.2. The van der Waals surface area contributed by atoms with Crippen molar-refractivity contribution in [1.29, 1.82) is 5.26 Å². The lowest BCUT2D eigenvalue weighted by molar-refractivity contribution is -0.0231. The van der Waals surface area contributed by atoms with Gasteiger partial charge in [-0.1, -0.05) is 36.7 Å². The number of hydrogen-bond acceptors (Lipinski definition) is 3. The second-order valence-electron chi connectivity index (χ2n) is 7.55. The molecule has 1 aliphatic heterocycles. The Kier molecular flexibility index (Phi) is 5.08. The number of amides is 1. The summed E-state index contributed by atoms with van der Waals surface area (Å²) in [6, 6.07) is 13.8. The number of nitriles is 1. The van der Waals surface area contributed by atoms with Gasteiger partial charge in [-0.25, -0.2) is 9.37 Å². The van der Waals surface area contributed by atoms with Crippen molar-refractivity contribution in [3.63, 3.8) is 0 Å². The summed E-state index contributed by atoms with van der Waals surface area (Å²) in [4.78, 5) is 22.0. The first-order chi connectivity index (χ1) is 14.3. The number of hydrogen-bond donors (Lipinski definition) is 1. The van der Waals surface area contributed by atoms with Gasteiger partial charge in [0.2, 0.25) is 0 Å². The van der Waals surface area contributed by atoms with Crippen LogP contribution in [-0.2, 0) is 12.1 Å². The first kappa shape index (κ1) is 20.1. The second kappa shape index (κ2) is 7.58. The van der Waals surface area contributed by atoms with Crippen LogP contribution in [0.4, 0.5) is 4.39 Å². The fourth-order valence-electron chi connectivity index (χ4n) is 3.66. The van der Waals surface area contributed by atoms with Crippen LogP contribution in [0, 0.1) is 18.3 Å². The summed E-state index contributed by atoms with van der Waals surface area (Å²) < 4.78 is 15.2. The highest BCUT2D eigenvalue weighted by molar-refractivity contribution is 6.32. The van der Waals surface area contributed by atoms with Crippen molar-refractivity contribution in [1.82, 2.24) is 14.9 Å². The maximum absolute atomic E-state index is 15.2. The Hall–Kier alpha value is -3.17. The fraction of sp³-hybridized carbons (Fsp3) is 0.261. The van der Waals surface area contributed by atoms with E-state index in [1.807, 2.05) is 26.0 Å². The van der Waals surface area contributed by atoms with Crippen LogP contribution < -0.4 is 0 Å². The molecule has 0 atom stereocenters. The zero-order valence-corrected chi connectivity index (χ0v) is 17.4. The molecule has 1 saturated heterocycles. The van der Waals surface area contributed by atoms with Crippen molar-refractivity contribution >= 4 is 17.5 Å². The molecular formula is C23H20ClFN4O. The number of aryl methyl sites for hydroxylation is 2. The summed E-state index contributed by atoms with van der Waals surface area (Å²) in [6.07, 6.45) is 0.721. The Morgan fingerprint density at radius 2 is 2.00 bits per heavy atom. The first-order valence-corrected chi connectivity index (χ1v) is 10.1. The zero-order valence-electron chi connectivity index (χ0n) is 16.7. The average Bonchev–Trinajstić information content (AvgIpc) is 3.12. The third-order valence-corrected chi connectivity index (χ3v) is 5.76. The number of imidazole rings is 1. The van der Waals surface area contributed by atoms with Crippen molar-refractivity contribution in [3.8, 4) is 17.3 Å². The molecule has 0 unspecified atom stereocenters. The number of halogens is 2. The van der Waals surface area contributed by atoms with E-state index in [1.165, 1.54) is 4.90 Å². The molecule has 1 fully saturated rings. The van der Waals surface area contributed by atoms with Gasteiger partial charge in [0, 0.05) is 17.5 Å². The van der Waals surface area contributed by atoms with Crippen molar-refractivity contribution in [3.05, 3.63) is 75.7 Å². The lowest BCUT2D eigenvalue weighted by Gasteiger charge is -2.44. The van der Waals surface area contributed by atoms with E-state index in [9.17, 15) is 4.79 Å². The molecule has 1 aromatic heterocycles. The van der Waals surface area contributed by atoms with E-state index in [0.717, 1.165) is 23.4 Å². The van der Waals surface area contributed by atoms with Gasteiger partial charge in [-0.3, -0.25) is 4.79 Å². The number of benzene rings is 2. The van der Waals surface area contributed by atoms with Gasteiger partial charge >= 0.3 is 0 Å². The van der Waals surface area contributed by atoms with E-state index in [2.05, 4.69) is 9.97 Å². The minimum absolute atomic E-state index is 0.0237. The fourth-order valence-corrected chi connectivity index (χ4v) is 3.92. The highest BCUT2D eigenvalue weighted by Crippen LogP contribution is 2.37. The number of rotatable bonds is 4. The lowest BCUT2D eigenvalue weighted by Crippen LogP contribution is -2.58. The molecule has 5 nitrogen and oxygen atoms in total. The van der Waals surface area contributed by atoms with Crippen molar-refractivity contribution in [2.75, 3.05) is 13.1 Å². The van der Waals surface area contributed by atoms with Crippen molar-refractivity contribution < 1.29 is 9.18 Å². The maximum Gasteiger partial charge on any atom is 0.254 e. The number of likely N-dealkylation sites (tertiary alicyclic amines) is 1. The highest BCUT2D eigenvalue weighted by atomic mass is 35.5. The Bertz CT molecular complexity index is 1160. The average molecular weight is 423 g/mol. The minimum atomic E-state index is -1.60. The number of carbonyl (C=O) groups is 1. The molecule has 1 N–H and O–H groups in total. The highest BCUT2D eigenvalue weighted by Gasteiger charge is 2.47. The van der Waals surface area contributed by atoms with Crippen LogP contribution >= 0.6 is 11.6 Å². The third-order valence-electron chi connectivity index (χ3n) is 5.48. The number of carbonyl (C=O) groups excluding carboxylic acids is 1. The summed E-state index contributed by atoms with van der Waals surface area (Å²) in [6.45, 7) is 3.86. The number of aromatic nitrogens is 2. The Morgan fingerprint density at radius 3 is 2.60 bits per heavy atom. The molecule has 1 aliphatic rings. The van der Waals surface area contributed by atoms with E-state index < -0.39 is 5.67 Å². The number of H-pyrrole nitrogens is 1. The molecule has 4 rings (SSSR count). The van der Waals surface area contributed by atoms with Gasteiger partial charge in [0.05, 0.1) is 24.7 Å². The monoisotopic (exact) mass is 422 g/mol. The summed E-state index contributed by atoms with van der Waals surface area (Å²) in [5, 5.41) is 9.33. The molecule has 1 amide bonds. The van der Waals surface area contributed by atoms with E-state index in [0.29, 0.717) is 27.5 Å². The second-order valence-corrected chi connectivity index (χ2v) is 7.92. The van der Waals surface area contributed by atoms with Gasteiger partial charge in [-0.2, -0.15) is 5.26 Å². The molecule has 0 spiro atoms. The van der Waals surface area contributed by atoms with Gasteiger partial charge in [0.25, 0.3) is 5.91 Å². The summed E-state index contributed by atoms with van der Waals surface area (Å²) in [7, 11) is 0. The molecule has 0 saturated carbocycles. The van der Waals surface area contributed by atoms with Crippen molar-refractivity contribution in [2.45, 2.75) is 25.9 Å². The molecular weight excluding hydrogens is 403 g/mol. The number of aromatic amines is 1. The molecule has 0 aliphatic carbocycles. The summed E-state index contributed by atoms with van der Waals surface area (Å²) in [5.41, 5.74) is 2.16. The first-order valence-electron chi connectivity index (χ1n) is 9.69. The van der Waals surface area contributed by atoms with Crippen LogP contribution in [0.3, 0.4) is 0 Å². The Morgan fingerprint density at radius 1 is 1.30 bits per heavy atom. The van der Waals surface area contributed by atoms with Gasteiger partial charge in [-0.15, -0.1) is 0 Å². The van der Waals surface area contributed by atoms with Crippen molar-refractivity contribution in [2.24, 2.45) is 0 Å². The molecule has 2 heterocycles. The van der Waals surface area contributed by atoms with E-state index >= 15 is 4.39 Å². The summed E-state index contributed by atoms with van der Waals surface area (Å²) >= 11 is 6.31. The molecule has 3 aromatic rings. The molecule has 152 valence electrons. The molecule has 0 radical (unpaired) electrons. The van der Waals surface area contributed by atoms with E-state index in [4.69, 9.17) is 16.9 Å². The zero-order chi connectivity index (χ0) is 21.5. The third kappa shape index (κ3) is 3.46. The predicted octanol–water partition coefficient (Wildman–Crippen LogP) is 4.79. The number of nitrogens with zero attached hydrogens (tertiary/aromatic N) is 3. The molecule has 30 heavy (non-hydrogen) atoms. The van der Waals surface area contributed by atoms with Crippen LogP contribution in [0.25, 0.3) is 11.3 Å². The van der Waals surface area contributed by atoms with Crippen LogP contribution in [-0.4, -0.2) is 33.9 Å². The Balaban J connectivity index is 1.55. The van der Waals surface area contributed by atoms with Crippen LogP contribution in [0.1, 0.15) is 39.8 Å². The minimum Gasteiger partial charge on any atom is -0.333 e.